The third-order valence-corrected chi connectivity index (χ3v) is 8.35. The normalized spacial score (nSPS) is 28.3. The lowest BCUT2D eigenvalue weighted by Crippen LogP contribution is -2.54. The van der Waals surface area contributed by atoms with Crippen LogP contribution < -0.4 is 16.0 Å². The van der Waals surface area contributed by atoms with Crippen molar-refractivity contribution in [2.75, 3.05) is 19.6 Å². The molecular formula is C25H35N5O2. The van der Waals surface area contributed by atoms with Crippen LogP contribution in [0.1, 0.15) is 62.1 Å². The van der Waals surface area contributed by atoms with Crippen molar-refractivity contribution in [1.29, 1.82) is 0 Å². The SMILES string of the molecule is CC1(C)[C@@H]2CC[C@@H](CNC(=O)c3cccc4nc(CC(=O)NCC5CCCN5)cn34)[C@@H]1C2. The number of nitrogens with zero attached hydrogens (tertiary/aromatic N) is 2. The van der Waals surface area contributed by atoms with Gasteiger partial charge in [-0.25, -0.2) is 4.98 Å². The fourth-order valence-corrected chi connectivity index (χ4v) is 6.25. The van der Waals surface area contributed by atoms with Crippen LogP contribution in [0.3, 0.4) is 0 Å². The zero-order chi connectivity index (χ0) is 22.3. The minimum Gasteiger partial charge on any atom is -0.354 e. The second kappa shape index (κ2) is 8.50. The summed E-state index contributed by atoms with van der Waals surface area (Å²) in [4.78, 5) is 29.9. The minimum absolute atomic E-state index is 0.0353. The summed E-state index contributed by atoms with van der Waals surface area (Å²) in [6.07, 6.45) is 8.11. The molecule has 0 spiro atoms. The molecule has 4 fully saturated rings. The summed E-state index contributed by atoms with van der Waals surface area (Å²) in [6.45, 7) is 7.17. The Hall–Kier alpha value is -2.41. The largest absolute Gasteiger partial charge is 0.354 e. The molecule has 4 atom stereocenters. The number of hydrogen-bond donors (Lipinski definition) is 3. The average Bonchev–Trinajstić information content (AvgIpc) is 3.45. The zero-order valence-corrected chi connectivity index (χ0v) is 19.2. The van der Waals surface area contributed by atoms with Gasteiger partial charge in [-0.05, 0) is 74.0 Å². The van der Waals surface area contributed by atoms with Gasteiger partial charge in [-0.3, -0.25) is 14.0 Å². The Morgan fingerprint density at radius 3 is 2.81 bits per heavy atom. The number of imidazole rings is 1. The van der Waals surface area contributed by atoms with Gasteiger partial charge in [0.2, 0.25) is 5.91 Å². The molecule has 0 aromatic carbocycles. The van der Waals surface area contributed by atoms with Gasteiger partial charge in [0.05, 0.1) is 12.1 Å². The smallest absolute Gasteiger partial charge is 0.268 e. The number of amides is 2. The third-order valence-electron chi connectivity index (χ3n) is 8.35. The number of rotatable bonds is 7. The summed E-state index contributed by atoms with van der Waals surface area (Å²) in [5.74, 6) is 2.04. The Labute approximate surface area is 189 Å². The molecule has 3 saturated carbocycles. The minimum atomic E-state index is -0.0736. The second-order valence-corrected chi connectivity index (χ2v) is 10.6. The van der Waals surface area contributed by atoms with E-state index in [2.05, 4.69) is 34.8 Å². The first kappa shape index (κ1) is 21.4. The van der Waals surface area contributed by atoms with Crippen molar-refractivity contribution in [2.24, 2.45) is 23.2 Å². The monoisotopic (exact) mass is 437 g/mol. The van der Waals surface area contributed by atoms with E-state index < -0.39 is 0 Å². The van der Waals surface area contributed by atoms with E-state index in [0.717, 1.165) is 37.8 Å². The molecular weight excluding hydrogens is 402 g/mol. The summed E-state index contributed by atoms with van der Waals surface area (Å²) in [6, 6.07) is 5.92. The van der Waals surface area contributed by atoms with Crippen molar-refractivity contribution in [3.8, 4) is 0 Å². The molecule has 0 radical (unpaired) electrons. The molecule has 2 amide bonds. The standard InChI is InChI=1S/C25H35N5O2/c1-25(2)17-9-8-16(20(25)11-17)13-28-24(32)21-6-3-7-22-29-19(15-30(21)22)12-23(31)27-14-18-5-4-10-26-18/h3,6-7,15-18,20,26H,4-5,8-14H2,1-2H3,(H,27,31)(H,28,32)/t16-,17+,18?,20-/m0/s1. The maximum atomic E-state index is 13.0. The van der Waals surface area contributed by atoms with Gasteiger partial charge in [0, 0.05) is 25.3 Å². The Bertz CT molecular complexity index is 1000. The number of carbonyl (C=O) groups excluding carboxylic acids is 2. The topological polar surface area (TPSA) is 87.5 Å². The van der Waals surface area contributed by atoms with Crippen molar-refractivity contribution < 1.29 is 9.59 Å². The zero-order valence-electron chi connectivity index (χ0n) is 19.2. The lowest BCUT2D eigenvalue weighted by Gasteiger charge is -2.60. The van der Waals surface area contributed by atoms with Crippen LogP contribution in [0.25, 0.3) is 5.65 Å². The number of nitrogens with one attached hydrogen (secondary N) is 3. The molecule has 2 bridgehead atoms. The summed E-state index contributed by atoms with van der Waals surface area (Å²) in [7, 11) is 0. The number of fused-ring (bicyclic) bond motifs is 3. The second-order valence-electron chi connectivity index (χ2n) is 10.6. The number of hydrogen-bond acceptors (Lipinski definition) is 4. The Morgan fingerprint density at radius 2 is 2.06 bits per heavy atom. The van der Waals surface area contributed by atoms with Crippen LogP contribution in [-0.2, 0) is 11.2 Å². The fraction of sp³-hybridized carbons (Fsp3) is 0.640. The van der Waals surface area contributed by atoms with Crippen molar-refractivity contribution >= 4 is 17.5 Å². The summed E-state index contributed by atoms with van der Waals surface area (Å²) < 4.78 is 1.81. The van der Waals surface area contributed by atoms with Gasteiger partial charge < -0.3 is 16.0 Å². The maximum absolute atomic E-state index is 13.0. The summed E-state index contributed by atoms with van der Waals surface area (Å²) in [5.41, 5.74) is 2.36. The molecule has 1 aliphatic heterocycles. The van der Waals surface area contributed by atoms with Crippen LogP contribution >= 0.6 is 0 Å². The van der Waals surface area contributed by atoms with E-state index in [1.807, 2.05) is 24.4 Å². The van der Waals surface area contributed by atoms with E-state index in [1.165, 1.54) is 19.3 Å². The van der Waals surface area contributed by atoms with Crippen LogP contribution in [-0.4, -0.2) is 46.9 Å². The maximum Gasteiger partial charge on any atom is 0.268 e. The molecule has 6 rings (SSSR count). The van der Waals surface area contributed by atoms with Crippen molar-refractivity contribution in [3.05, 3.63) is 35.8 Å². The van der Waals surface area contributed by atoms with E-state index in [9.17, 15) is 9.59 Å². The molecule has 3 heterocycles. The van der Waals surface area contributed by atoms with Gasteiger partial charge in [0.25, 0.3) is 5.91 Å². The lowest BCUT2D eigenvalue weighted by atomic mass is 9.45. The molecule has 2 aromatic rings. The van der Waals surface area contributed by atoms with Crippen LogP contribution in [0.15, 0.2) is 24.4 Å². The Balaban J connectivity index is 1.21. The van der Waals surface area contributed by atoms with Crippen LogP contribution in [0.2, 0.25) is 0 Å². The van der Waals surface area contributed by atoms with Crippen molar-refractivity contribution in [2.45, 2.75) is 58.4 Å². The predicted molar refractivity (Wildman–Crippen MR) is 123 cm³/mol. The molecule has 2 aromatic heterocycles. The first-order valence-corrected chi connectivity index (χ1v) is 12.2. The van der Waals surface area contributed by atoms with E-state index in [0.29, 0.717) is 41.0 Å². The predicted octanol–water partition coefficient (Wildman–Crippen LogP) is 2.55. The lowest BCUT2D eigenvalue weighted by molar-refractivity contribution is -0.120. The van der Waals surface area contributed by atoms with Gasteiger partial charge in [-0.1, -0.05) is 19.9 Å². The molecule has 7 heteroatoms. The molecule has 1 unspecified atom stereocenters. The average molecular weight is 438 g/mol. The third kappa shape index (κ3) is 4.03. The highest BCUT2D eigenvalue weighted by Crippen LogP contribution is 2.61. The van der Waals surface area contributed by atoms with Crippen molar-refractivity contribution in [1.82, 2.24) is 25.3 Å². The number of carbonyl (C=O) groups is 2. The first-order chi connectivity index (χ1) is 15.4. The van der Waals surface area contributed by atoms with Gasteiger partial charge in [0.15, 0.2) is 0 Å². The van der Waals surface area contributed by atoms with Gasteiger partial charge in [-0.15, -0.1) is 0 Å². The van der Waals surface area contributed by atoms with E-state index in [4.69, 9.17) is 0 Å². The molecule has 172 valence electrons. The summed E-state index contributed by atoms with van der Waals surface area (Å²) in [5, 5.41) is 9.56. The molecule has 32 heavy (non-hydrogen) atoms. The fourth-order valence-electron chi connectivity index (χ4n) is 6.25. The van der Waals surface area contributed by atoms with Crippen LogP contribution in [0, 0.1) is 23.2 Å². The number of aromatic nitrogens is 2. The Kier molecular flexibility index (Phi) is 5.70. The summed E-state index contributed by atoms with van der Waals surface area (Å²) >= 11 is 0. The molecule has 4 aliphatic rings. The highest BCUT2D eigenvalue weighted by Gasteiger charge is 2.53. The number of pyridine rings is 1. The van der Waals surface area contributed by atoms with Crippen LogP contribution in [0.4, 0.5) is 0 Å². The highest BCUT2D eigenvalue weighted by atomic mass is 16.2. The van der Waals surface area contributed by atoms with Gasteiger partial charge >= 0.3 is 0 Å². The van der Waals surface area contributed by atoms with E-state index >= 15 is 0 Å². The first-order valence-electron chi connectivity index (χ1n) is 12.2. The van der Waals surface area contributed by atoms with Crippen LogP contribution in [0.5, 0.6) is 0 Å². The Morgan fingerprint density at radius 1 is 1.19 bits per heavy atom. The quantitative estimate of drug-likeness (QED) is 0.621. The van der Waals surface area contributed by atoms with E-state index in [-0.39, 0.29) is 18.2 Å². The van der Waals surface area contributed by atoms with Gasteiger partial charge in [0.1, 0.15) is 11.3 Å². The molecule has 3 aliphatic carbocycles. The van der Waals surface area contributed by atoms with E-state index in [1.54, 1.807) is 4.40 Å². The molecule has 1 saturated heterocycles. The molecule has 3 N–H and O–H groups in total. The van der Waals surface area contributed by atoms with Crippen molar-refractivity contribution in [3.63, 3.8) is 0 Å². The molecule has 7 nitrogen and oxygen atoms in total. The highest BCUT2D eigenvalue weighted by molar-refractivity contribution is 5.93. The van der Waals surface area contributed by atoms with Gasteiger partial charge in [-0.2, -0.15) is 0 Å².